The molecule has 0 spiro atoms. The fourth-order valence-electron chi connectivity index (χ4n) is 1.93. The smallest absolute Gasteiger partial charge is 0.363 e. The van der Waals surface area contributed by atoms with Crippen LogP contribution in [0.25, 0.3) is 0 Å². The minimum Gasteiger partial charge on any atom is -0.479 e. The standard InChI is InChI=1S/C14H16N4O4/c1-8(2)22-14(21)10-12(15)18(17-16-10)11(13(19)20)9-6-4-3-5-7-9/h3-8,11H,15H2,1-2H3,(H,19,20). The van der Waals surface area contributed by atoms with E-state index in [9.17, 15) is 14.7 Å². The molecule has 1 unspecified atom stereocenters. The van der Waals surface area contributed by atoms with E-state index >= 15 is 0 Å². The quantitative estimate of drug-likeness (QED) is 0.793. The number of aromatic nitrogens is 3. The van der Waals surface area contributed by atoms with Crippen molar-refractivity contribution in [1.29, 1.82) is 0 Å². The number of anilines is 1. The third kappa shape index (κ3) is 3.05. The molecule has 0 saturated heterocycles. The molecule has 0 bridgehead atoms. The van der Waals surface area contributed by atoms with E-state index < -0.39 is 18.0 Å². The number of carbonyl (C=O) groups is 2. The summed E-state index contributed by atoms with van der Waals surface area (Å²) in [6.07, 6.45) is -0.346. The molecule has 0 radical (unpaired) electrons. The Balaban J connectivity index is 2.41. The molecule has 0 aliphatic heterocycles. The molecule has 0 aliphatic rings. The zero-order valence-electron chi connectivity index (χ0n) is 12.1. The lowest BCUT2D eigenvalue weighted by atomic mass is 10.1. The minimum atomic E-state index is -1.17. The molecule has 1 aromatic heterocycles. The SMILES string of the molecule is CC(C)OC(=O)c1nnn(C(C(=O)O)c2ccccc2)c1N. The lowest BCUT2D eigenvalue weighted by Crippen LogP contribution is -2.23. The maximum absolute atomic E-state index is 11.9. The van der Waals surface area contributed by atoms with Crippen LogP contribution in [0.2, 0.25) is 0 Å². The van der Waals surface area contributed by atoms with Gasteiger partial charge in [0.05, 0.1) is 6.10 Å². The number of nitrogens with two attached hydrogens (primary N) is 1. The minimum absolute atomic E-state index is 0.151. The van der Waals surface area contributed by atoms with Crippen LogP contribution in [-0.2, 0) is 9.53 Å². The van der Waals surface area contributed by atoms with Crippen LogP contribution in [-0.4, -0.2) is 38.1 Å². The first-order chi connectivity index (χ1) is 10.4. The Morgan fingerprint density at radius 2 is 1.91 bits per heavy atom. The zero-order valence-corrected chi connectivity index (χ0v) is 12.1. The highest BCUT2D eigenvalue weighted by atomic mass is 16.5. The van der Waals surface area contributed by atoms with E-state index in [0.29, 0.717) is 5.56 Å². The van der Waals surface area contributed by atoms with Gasteiger partial charge in [-0.2, -0.15) is 0 Å². The Hall–Kier alpha value is -2.90. The molecule has 8 nitrogen and oxygen atoms in total. The second kappa shape index (κ2) is 6.25. The summed E-state index contributed by atoms with van der Waals surface area (Å²) in [4.78, 5) is 23.4. The third-order valence-electron chi connectivity index (χ3n) is 2.86. The fraction of sp³-hybridized carbons (Fsp3) is 0.286. The van der Waals surface area contributed by atoms with Crippen LogP contribution in [0.3, 0.4) is 0 Å². The number of rotatable bonds is 5. The number of esters is 1. The molecular formula is C14H16N4O4. The van der Waals surface area contributed by atoms with Crippen molar-refractivity contribution in [3.05, 3.63) is 41.6 Å². The van der Waals surface area contributed by atoms with Crippen LogP contribution < -0.4 is 5.73 Å². The number of carbonyl (C=O) groups excluding carboxylic acids is 1. The van der Waals surface area contributed by atoms with Gasteiger partial charge in [0.1, 0.15) is 0 Å². The number of hydrogen-bond donors (Lipinski definition) is 2. The van der Waals surface area contributed by atoms with Gasteiger partial charge in [-0.05, 0) is 19.4 Å². The highest BCUT2D eigenvalue weighted by Crippen LogP contribution is 2.22. The second-order valence-electron chi connectivity index (χ2n) is 4.87. The Kier molecular flexibility index (Phi) is 4.40. The predicted octanol–water partition coefficient (Wildman–Crippen LogP) is 1.10. The van der Waals surface area contributed by atoms with Gasteiger partial charge in [-0.3, -0.25) is 0 Å². The van der Waals surface area contributed by atoms with Crippen molar-refractivity contribution in [2.45, 2.75) is 26.0 Å². The van der Waals surface area contributed by atoms with Gasteiger partial charge in [-0.15, -0.1) is 5.10 Å². The molecule has 1 aromatic carbocycles. The summed E-state index contributed by atoms with van der Waals surface area (Å²) in [5, 5.41) is 16.8. The van der Waals surface area contributed by atoms with Crippen LogP contribution in [0.1, 0.15) is 35.9 Å². The van der Waals surface area contributed by atoms with Crippen LogP contribution in [0.15, 0.2) is 30.3 Å². The van der Waals surface area contributed by atoms with Crippen molar-refractivity contribution in [2.24, 2.45) is 0 Å². The average Bonchev–Trinajstić information content (AvgIpc) is 2.81. The van der Waals surface area contributed by atoms with Crippen molar-refractivity contribution < 1.29 is 19.4 Å². The summed E-state index contributed by atoms with van der Waals surface area (Å²) in [6, 6.07) is 7.25. The monoisotopic (exact) mass is 304 g/mol. The van der Waals surface area contributed by atoms with Gasteiger partial charge >= 0.3 is 11.9 Å². The van der Waals surface area contributed by atoms with Gasteiger partial charge < -0.3 is 15.6 Å². The summed E-state index contributed by atoms with van der Waals surface area (Å²) in [6.45, 7) is 3.37. The van der Waals surface area contributed by atoms with Gasteiger partial charge in [-0.25, -0.2) is 14.3 Å². The summed E-state index contributed by atoms with van der Waals surface area (Å²) < 4.78 is 5.99. The van der Waals surface area contributed by atoms with E-state index in [1.54, 1.807) is 44.2 Å². The molecule has 8 heteroatoms. The van der Waals surface area contributed by atoms with Crippen LogP contribution >= 0.6 is 0 Å². The van der Waals surface area contributed by atoms with Crippen LogP contribution in [0, 0.1) is 0 Å². The largest absolute Gasteiger partial charge is 0.479 e. The summed E-state index contributed by atoms with van der Waals surface area (Å²) >= 11 is 0. The van der Waals surface area contributed by atoms with Crippen molar-refractivity contribution in [3.63, 3.8) is 0 Å². The van der Waals surface area contributed by atoms with E-state index in [1.807, 2.05) is 0 Å². The van der Waals surface area contributed by atoms with Crippen molar-refractivity contribution >= 4 is 17.8 Å². The molecule has 0 aliphatic carbocycles. The molecule has 1 atom stereocenters. The topological polar surface area (TPSA) is 120 Å². The number of nitrogens with zero attached hydrogens (tertiary/aromatic N) is 3. The van der Waals surface area contributed by atoms with E-state index in [-0.39, 0.29) is 17.6 Å². The van der Waals surface area contributed by atoms with E-state index in [4.69, 9.17) is 10.5 Å². The first-order valence-electron chi connectivity index (χ1n) is 6.61. The van der Waals surface area contributed by atoms with Crippen molar-refractivity contribution in [3.8, 4) is 0 Å². The molecule has 0 fully saturated rings. The van der Waals surface area contributed by atoms with Crippen LogP contribution in [0.4, 0.5) is 5.82 Å². The molecule has 1 heterocycles. The molecular weight excluding hydrogens is 288 g/mol. The van der Waals surface area contributed by atoms with E-state index in [1.165, 1.54) is 0 Å². The lowest BCUT2D eigenvalue weighted by Gasteiger charge is -2.14. The van der Waals surface area contributed by atoms with Gasteiger partial charge in [0.15, 0.2) is 11.9 Å². The lowest BCUT2D eigenvalue weighted by molar-refractivity contribution is -0.139. The van der Waals surface area contributed by atoms with Gasteiger partial charge in [0, 0.05) is 0 Å². The Morgan fingerprint density at radius 1 is 1.27 bits per heavy atom. The fourth-order valence-corrected chi connectivity index (χ4v) is 1.93. The normalized spacial score (nSPS) is 12.1. The predicted molar refractivity (Wildman–Crippen MR) is 77.2 cm³/mol. The van der Waals surface area contributed by atoms with Crippen molar-refractivity contribution in [2.75, 3.05) is 5.73 Å². The molecule has 0 saturated carbocycles. The first kappa shape index (κ1) is 15.5. The number of carboxylic acid groups (broad SMARTS) is 1. The van der Waals surface area contributed by atoms with E-state index in [2.05, 4.69) is 10.3 Å². The maximum atomic E-state index is 11.9. The summed E-state index contributed by atoms with van der Waals surface area (Å²) in [7, 11) is 0. The highest BCUT2D eigenvalue weighted by molar-refractivity contribution is 5.92. The van der Waals surface area contributed by atoms with E-state index in [0.717, 1.165) is 4.68 Å². The maximum Gasteiger partial charge on any atom is 0.363 e. The Morgan fingerprint density at radius 3 is 2.45 bits per heavy atom. The first-order valence-corrected chi connectivity index (χ1v) is 6.61. The third-order valence-corrected chi connectivity index (χ3v) is 2.86. The highest BCUT2D eigenvalue weighted by Gasteiger charge is 2.29. The van der Waals surface area contributed by atoms with Gasteiger partial charge in [0.25, 0.3) is 0 Å². The number of nitrogen functional groups attached to an aromatic ring is 1. The number of benzene rings is 1. The Labute approximate surface area is 126 Å². The Bertz CT molecular complexity index is 681. The molecule has 22 heavy (non-hydrogen) atoms. The van der Waals surface area contributed by atoms with Crippen molar-refractivity contribution in [1.82, 2.24) is 15.0 Å². The molecule has 0 amide bonds. The summed E-state index contributed by atoms with van der Waals surface area (Å²) in [5.74, 6) is -2.05. The number of aliphatic carboxylic acids is 1. The number of ether oxygens (including phenoxy) is 1. The molecule has 116 valence electrons. The number of hydrogen-bond acceptors (Lipinski definition) is 6. The number of carboxylic acids is 1. The average molecular weight is 304 g/mol. The van der Waals surface area contributed by atoms with Gasteiger partial charge in [0.2, 0.25) is 5.69 Å². The molecule has 2 aromatic rings. The molecule has 2 rings (SSSR count). The summed E-state index contributed by atoms with van der Waals surface area (Å²) in [5.41, 5.74) is 6.10. The second-order valence-corrected chi connectivity index (χ2v) is 4.87. The van der Waals surface area contributed by atoms with Gasteiger partial charge in [-0.1, -0.05) is 35.5 Å². The molecule has 3 N–H and O–H groups in total. The zero-order chi connectivity index (χ0) is 16.3. The van der Waals surface area contributed by atoms with Crippen LogP contribution in [0.5, 0.6) is 0 Å².